The summed E-state index contributed by atoms with van der Waals surface area (Å²) in [7, 11) is 0. The van der Waals surface area contributed by atoms with Gasteiger partial charge in [0.25, 0.3) is 0 Å². The second-order valence-corrected chi connectivity index (χ2v) is 6.90. The van der Waals surface area contributed by atoms with Crippen molar-refractivity contribution in [1.82, 2.24) is 0 Å². The van der Waals surface area contributed by atoms with E-state index in [1.807, 2.05) is 24.3 Å². The monoisotopic (exact) mass is 449 g/mol. The molecule has 0 amide bonds. The maximum absolute atomic E-state index is 11.9. The van der Waals surface area contributed by atoms with E-state index in [1.165, 1.54) is 18.2 Å². The lowest BCUT2D eigenvalue weighted by Crippen LogP contribution is -2.03. The number of benzene rings is 3. The standard InChI is InChI=1S/C23H16BrNO4/c24-19-8-1-16(2-9-19)5-14-22(26)29-21-12-3-17(4-13-21)15-25-20-10-6-18(7-11-20)23(27)28/h1-15H,(H,27,28)/b14-5+,25-15?. The van der Waals surface area contributed by atoms with Gasteiger partial charge in [-0.2, -0.15) is 0 Å². The van der Waals surface area contributed by atoms with E-state index < -0.39 is 11.9 Å². The van der Waals surface area contributed by atoms with Gasteiger partial charge in [-0.15, -0.1) is 0 Å². The number of carbonyl (C=O) groups excluding carboxylic acids is 1. The SMILES string of the molecule is O=C(/C=C/c1ccc(Br)cc1)Oc1ccc(C=Nc2ccc(C(=O)O)cc2)cc1. The number of carboxylic acid groups (broad SMARTS) is 1. The normalized spacial score (nSPS) is 11.1. The van der Waals surface area contributed by atoms with E-state index in [2.05, 4.69) is 20.9 Å². The zero-order valence-electron chi connectivity index (χ0n) is 15.2. The van der Waals surface area contributed by atoms with Gasteiger partial charge in [0.1, 0.15) is 5.75 Å². The molecule has 0 aliphatic carbocycles. The van der Waals surface area contributed by atoms with Crippen molar-refractivity contribution >= 4 is 45.8 Å². The fourth-order valence-electron chi connectivity index (χ4n) is 2.35. The van der Waals surface area contributed by atoms with E-state index >= 15 is 0 Å². The molecule has 3 aromatic rings. The average molecular weight is 450 g/mol. The molecule has 0 aromatic heterocycles. The number of ether oxygens (including phenoxy) is 1. The van der Waals surface area contributed by atoms with Crippen LogP contribution < -0.4 is 4.74 Å². The number of aromatic carboxylic acids is 1. The fraction of sp³-hybridized carbons (Fsp3) is 0. The van der Waals surface area contributed by atoms with Gasteiger partial charge in [-0.1, -0.05) is 28.1 Å². The van der Waals surface area contributed by atoms with Crippen molar-refractivity contribution in [2.75, 3.05) is 0 Å². The van der Waals surface area contributed by atoms with Crippen LogP contribution in [0.5, 0.6) is 5.75 Å². The van der Waals surface area contributed by atoms with E-state index in [4.69, 9.17) is 9.84 Å². The molecule has 0 unspecified atom stereocenters. The zero-order chi connectivity index (χ0) is 20.6. The molecule has 29 heavy (non-hydrogen) atoms. The van der Waals surface area contributed by atoms with Gasteiger partial charge in [-0.25, -0.2) is 9.59 Å². The minimum Gasteiger partial charge on any atom is -0.478 e. The van der Waals surface area contributed by atoms with Gasteiger partial charge < -0.3 is 9.84 Å². The number of carboxylic acids is 1. The second-order valence-electron chi connectivity index (χ2n) is 5.99. The summed E-state index contributed by atoms with van der Waals surface area (Å²) >= 11 is 3.36. The van der Waals surface area contributed by atoms with Crippen molar-refractivity contribution in [3.05, 3.63) is 100 Å². The van der Waals surface area contributed by atoms with Crippen LogP contribution in [0.1, 0.15) is 21.5 Å². The zero-order valence-corrected chi connectivity index (χ0v) is 16.7. The van der Waals surface area contributed by atoms with Gasteiger partial charge in [0.05, 0.1) is 11.3 Å². The van der Waals surface area contributed by atoms with Crippen LogP contribution in [0.25, 0.3) is 6.08 Å². The average Bonchev–Trinajstić information content (AvgIpc) is 2.73. The Kier molecular flexibility index (Phi) is 6.71. The largest absolute Gasteiger partial charge is 0.478 e. The topological polar surface area (TPSA) is 76.0 Å². The van der Waals surface area contributed by atoms with Crippen LogP contribution in [0.4, 0.5) is 5.69 Å². The molecule has 5 nitrogen and oxygen atoms in total. The van der Waals surface area contributed by atoms with Crippen LogP contribution in [0.3, 0.4) is 0 Å². The molecule has 0 aliphatic rings. The van der Waals surface area contributed by atoms with Gasteiger partial charge >= 0.3 is 11.9 Å². The predicted molar refractivity (Wildman–Crippen MR) is 116 cm³/mol. The molecule has 0 fully saturated rings. The lowest BCUT2D eigenvalue weighted by Gasteiger charge is -2.02. The highest BCUT2D eigenvalue weighted by atomic mass is 79.9. The Balaban J connectivity index is 1.57. The van der Waals surface area contributed by atoms with Gasteiger partial charge in [-0.05, 0) is 77.9 Å². The third-order valence-corrected chi connectivity index (χ3v) is 4.39. The number of carbonyl (C=O) groups is 2. The Labute approximate surface area is 176 Å². The first-order valence-corrected chi connectivity index (χ1v) is 9.42. The van der Waals surface area contributed by atoms with E-state index in [9.17, 15) is 9.59 Å². The molecule has 0 saturated heterocycles. The molecule has 0 saturated carbocycles. The summed E-state index contributed by atoms with van der Waals surface area (Å²) in [5.74, 6) is -1.01. The summed E-state index contributed by atoms with van der Waals surface area (Å²) in [6.07, 6.45) is 4.71. The maximum Gasteiger partial charge on any atom is 0.336 e. The molecule has 0 atom stereocenters. The number of rotatable bonds is 6. The number of hydrogen-bond acceptors (Lipinski definition) is 4. The van der Waals surface area contributed by atoms with Gasteiger partial charge in [-0.3, -0.25) is 4.99 Å². The van der Waals surface area contributed by atoms with E-state index in [0.29, 0.717) is 11.4 Å². The van der Waals surface area contributed by atoms with Crippen LogP contribution in [-0.4, -0.2) is 23.3 Å². The molecule has 3 aromatic carbocycles. The Bertz CT molecular complexity index is 1050. The molecule has 0 bridgehead atoms. The van der Waals surface area contributed by atoms with Crippen molar-refractivity contribution in [1.29, 1.82) is 0 Å². The third kappa shape index (κ3) is 6.26. The lowest BCUT2D eigenvalue weighted by atomic mass is 10.2. The summed E-state index contributed by atoms with van der Waals surface area (Å²) < 4.78 is 6.25. The molecular weight excluding hydrogens is 434 g/mol. The van der Waals surface area contributed by atoms with Crippen molar-refractivity contribution in [2.45, 2.75) is 0 Å². The van der Waals surface area contributed by atoms with Gasteiger partial charge in [0, 0.05) is 16.8 Å². The number of nitrogens with zero attached hydrogens (tertiary/aromatic N) is 1. The predicted octanol–water partition coefficient (Wildman–Crippen LogP) is 5.52. The highest BCUT2D eigenvalue weighted by molar-refractivity contribution is 9.10. The second kappa shape index (κ2) is 9.61. The van der Waals surface area contributed by atoms with E-state index in [-0.39, 0.29) is 5.56 Å². The van der Waals surface area contributed by atoms with Gasteiger partial charge in [0.15, 0.2) is 0 Å². The number of hydrogen-bond donors (Lipinski definition) is 1. The smallest absolute Gasteiger partial charge is 0.336 e. The van der Waals surface area contributed by atoms with Crippen molar-refractivity contribution < 1.29 is 19.4 Å². The minimum atomic E-state index is -0.975. The lowest BCUT2D eigenvalue weighted by molar-refractivity contribution is -0.128. The Morgan fingerprint density at radius 1 is 0.862 bits per heavy atom. The van der Waals surface area contributed by atoms with Crippen LogP contribution in [0.2, 0.25) is 0 Å². The van der Waals surface area contributed by atoms with E-state index in [1.54, 1.807) is 48.7 Å². The molecule has 0 heterocycles. The Morgan fingerprint density at radius 3 is 2.10 bits per heavy atom. The summed E-state index contributed by atoms with van der Waals surface area (Å²) in [6.45, 7) is 0. The highest BCUT2D eigenvalue weighted by Crippen LogP contribution is 2.16. The Hall–Kier alpha value is -3.51. The maximum atomic E-state index is 11.9. The van der Waals surface area contributed by atoms with Gasteiger partial charge in [0.2, 0.25) is 0 Å². The van der Waals surface area contributed by atoms with Crippen molar-refractivity contribution in [3.63, 3.8) is 0 Å². The number of halogens is 1. The first-order chi connectivity index (χ1) is 14.0. The summed E-state index contributed by atoms with van der Waals surface area (Å²) in [5.41, 5.74) is 2.57. The molecule has 3 rings (SSSR count). The van der Waals surface area contributed by atoms with Crippen LogP contribution >= 0.6 is 15.9 Å². The fourth-order valence-corrected chi connectivity index (χ4v) is 2.61. The Morgan fingerprint density at radius 2 is 1.48 bits per heavy atom. The molecular formula is C23H16BrNO4. The summed E-state index contributed by atoms with van der Waals surface area (Å²) in [5, 5.41) is 8.89. The molecule has 144 valence electrons. The number of aliphatic imine (C=N–C) groups is 1. The molecule has 0 spiro atoms. The van der Waals surface area contributed by atoms with Crippen LogP contribution in [0.15, 0.2) is 88.3 Å². The minimum absolute atomic E-state index is 0.212. The first kappa shape index (κ1) is 20.2. The third-order valence-electron chi connectivity index (χ3n) is 3.86. The van der Waals surface area contributed by atoms with E-state index in [0.717, 1.165) is 15.6 Å². The molecule has 0 radical (unpaired) electrons. The first-order valence-electron chi connectivity index (χ1n) is 8.62. The van der Waals surface area contributed by atoms with Crippen LogP contribution in [-0.2, 0) is 4.79 Å². The molecule has 0 aliphatic heterocycles. The van der Waals surface area contributed by atoms with Crippen LogP contribution in [0, 0.1) is 0 Å². The summed E-state index contributed by atoms with van der Waals surface area (Å²) in [4.78, 5) is 27.1. The van der Waals surface area contributed by atoms with Crippen molar-refractivity contribution in [2.24, 2.45) is 4.99 Å². The summed E-state index contributed by atoms with van der Waals surface area (Å²) in [6, 6.07) is 20.7. The molecule has 6 heteroatoms. The molecule has 1 N–H and O–H groups in total. The number of esters is 1. The quantitative estimate of drug-likeness (QED) is 0.232. The van der Waals surface area contributed by atoms with Crippen molar-refractivity contribution in [3.8, 4) is 5.75 Å². The highest BCUT2D eigenvalue weighted by Gasteiger charge is 2.02.